The van der Waals surface area contributed by atoms with Gasteiger partial charge < -0.3 is 19.3 Å². The lowest BCUT2D eigenvalue weighted by Gasteiger charge is -2.04. The zero-order chi connectivity index (χ0) is 23.0. The van der Waals surface area contributed by atoms with Crippen LogP contribution in [0.3, 0.4) is 0 Å². The lowest BCUT2D eigenvalue weighted by Crippen LogP contribution is -2.05. The molecular weight excluding hydrogens is 490 g/mol. The van der Waals surface area contributed by atoms with E-state index in [1.54, 1.807) is 0 Å². The summed E-state index contributed by atoms with van der Waals surface area (Å²) in [4.78, 5) is 19.0. The van der Waals surface area contributed by atoms with E-state index >= 15 is 0 Å². The van der Waals surface area contributed by atoms with Crippen LogP contribution >= 0.6 is 15.9 Å². The van der Waals surface area contributed by atoms with E-state index in [0.717, 1.165) is 30.1 Å². The number of aromatic hydroxyl groups is 1. The lowest BCUT2D eigenvalue weighted by molar-refractivity contribution is -0.385. The highest BCUT2D eigenvalue weighted by Gasteiger charge is 2.24. The summed E-state index contributed by atoms with van der Waals surface area (Å²) in [5.74, 6) is -2.30. The first-order chi connectivity index (χ1) is 14.7. The Morgan fingerprint density at radius 3 is 1.90 bits per heavy atom. The minimum atomic E-state index is -0.987. The maximum absolute atomic E-state index is 13.2. The van der Waals surface area contributed by atoms with Crippen molar-refractivity contribution in [2.45, 2.75) is 12.2 Å². The third kappa shape index (κ3) is 8.78. The number of benzene rings is 2. The summed E-state index contributed by atoms with van der Waals surface area (Å²) in [6, 6.07) is 5.91. The number of ether oxygens (including phenoxy) is 3. The highest BCUT2D eigenvalue weighted by atomic mass is 79.9. The smallest absolute Gasteiger partial charge is 0.272 e. The van der Waals surface area contributed by atoms with E-state index in [-0.39, 0.29) is 29.8 Å². The maximum Gasteiger partial charge on any atom is 0.272 e. The number of halogens is 3. The predicted molar refractivity (Wildman–Crippen MR) is 107 cm³/mol. The van der Waals surface area contributed by atoms with Crippen molar-refractivity contribution in [3.05, 3.63) is 68.3 Å². The van der Waals surface area contributed by atoms with E-state index in [9.17, 15) is 29.0 Å². The quantitative estimate of drug-likeness (QED) is 0.270. The molecule has 10 nitrogen and oxygen atoms in total. The first-order valence-corrected chi connectivity index (χ1v) is 9.82. The molecule has 0 saturated carbocycles. The van der Waals surface area contributed by atoms with Crippen LogP contribution < -0.4 is 4.74 Å². The molecule has 2 aliphatic rings. The Hall–Kier alpha value is -2.90. The summed E-state index contributed by atoms with van der Waals surface area (Å²) in [7, 11) is 0. The van der Waals surface area contributed by atoms with Gasteiger partial charge in [-0.05, 0) is 12.1 Å². The van der Waals surface area contributed by atoms with E-state index < -0.39 is 27.2 Å². The number of nitrogens with zero attached hydrogens (tertiary/aromatic N) is 2. The number of phenols is 1. The fourth-order valence-electron chi connectivity index (χ4n) is 1.83. The van der Waals surface area contributed by atoms with E-state index in [2.05, 4.69) is 15.9 Å². The van der Waals surface area contributed by atoms with Gasteiger partial charge in [0.25, 0.3) is 11.4 Å². The van der Waals surface area contributed by atoms with Gasteiger partial charge in [-0.1, -0.05) is 15.9 Å². The van der Waals surface area contributed by atoms with E-state index in [4.69, 9.17) is 19.3 Å². The molecule has 0 amide bonds. The lowest BCUT2D eigenvalue weighted by atomic mass is 10.3. The third-order valence-corrected chi connectivity index (χ3v) is 4.39. The number of nitro groups is 2. The number of hydrogen-bond acceptors (Lipinski definition) is 8. The Bertz CT molecular complexity index is 925. The first-order valence-electron chi connectivity index (χ1n) is 8.70. The van der Waals surface area contributed by atoms with Gasteiger partial charge in [-0.2, -0.15) is 0 Å². The molecule has 1 N–H and O–H groups in total. The molecule has 0 radical (unpaired) electrons. The van der Waals surface area contributed by atoms with Gasteiger partial charge in [0, 0.05) is 17.5 Å². The van der Waals surface area contributed by atoms with Gasteiger partial charge >= 0.3 is 0 Å². The molecule has 0 bridgehead atoms. The van der Waals surface area contributed by atoms with Crippen molar-refractivity contribution in [1.82, 2.24) is 0 Å². The van der Waals surface area contributed by atoms with Crippen LogP contribution in [0.25, 0.3) is 0 Å². The largest absolute Gasteiger partial charge is 0.505 e. The summed E-state index contributed by atoms with van der Waals surface area (Å²) in [5.41, 5.74) is -0.664. The minimum Gasteiger partial charge on any atom is -0.505 e. The van der Waals surface area contributed by atoms with Crippen molar-refractivity contribution < 1.29 is 37.9 Å². The fourth-order valence-corrected chi connectivity index (χ4v) is 2.21. The molecule has 2 aromatic rings. The Labute approximate surface area is 182 Å². The van der Waals surface area contributed by atoms with Crippen LogP contribution in [0.5, 0.6) is 11.5 Å². The van der Waals surface area contributed by atoms with Gasteiger partial charge in [0.05, 0.1) is 41.3 Å². The number of epoxide rings is 2. The van der Waals surface area contributed by atoms with Crippen molar-refractivity contribution in [2.24, 2.45) is 0 Å². The van der Waals surface area contributed by atoms with E-state index in [1.807, 2.05) is 0 Å². The second-order valence-electron chi connectivity index (χ2n) is 6.14. The maximum atomic E-state index is 13.2. The molecule has 31 heavy (non-hydrogen) atoms. The van der Waals surface area contributed by atoms with Gasteiger partial charge in [-0.25, -0.2) is 8.78 Å². The molecule has 2 saturated heterocycles. The van der Waals surface area contributed by atoms with Crippen molar-refractivity contribution in [1.29, 1.82) is 0 Å². The molecular formula is C18H17BrF2N2O8. The van der Waals surface area contributed by atoms with E-state index in [0.29, 0.717) is 18.8 Å². The van der Waals surface area contributed by atoms with Gasteiger partial charge in [0.15, 0.2) is 23.1 Å². The average Bonchev–Trinajstić information content (AvgIpc) is 3.64. The van der Waals surface area contributed by atoms with Crippen LogP contribution in [0, 0.1) is 31.9 Å². The zero-order valence-electron chi connectivity index (χ0n) is 15.8. The number of rotatable bonds is 6. The van der Waals surface area contributed by atoms with Gasteiger partial charge in [0.2, 0.25) is 0 Å². The molecule has 13 heteroatoms. The summed E-state index contributed by atoms with van der Waals surface area (Å²) in [6.45, 7) is 1.86. The first kappa shape index (κ1) is 24.4. The molecule has 2 fully saturated rings. The van der Waals surface area contributed by atoms with Crippen LogP contribution in [0.1, 0.15) is 0 Å². The fraction of sp³-hybridized carbons (Fsp3) is 0.333. The van der Waals surface area contributed by atoms with Crippen LogP contribution in [0.15, 0.2) is 36.4 Å². The molecule has 2 aliphatic heterocycles. The van der Waals surface area contributed by atoms with Crippen LogP contribution in [-0.2, 0) is 9.47 Å². The average molecular weight is 507 g/mol. The van der Waals surface area contributed by atoms with Crippen LogP contribution in [-0.4, -0.2) is 52.3 Å². The number of alkyl halides is 1. The van der Waals surface area contributed by atoms with Crippen molar-refractivity contribution in [3.63, 3.8) is 0 Å². The molecule has 0 aliphatic carbocycles. The number of hydrogen-bond donors (Lipinski definition) is 1. The van der Waals surface area contributed by atoms with Gasteiger partial charge in [0.1, 0.15) is 12.7 Å². The molecule has 2 atom stereocenters. The SMILES string of the molecule is BrCC1CO1.O=[N+]([O-])c1ccc(O)c(F)c1.O=[N+]([O-])c1ccc(OCC2CO2)c(F)c1. The standard InChI is InChI=1S/C9H8FNO4.C6H4FNO3.C3H5BrO/c10-8-3-6(11(12)13)1-2-9(8)15-5-7-4-14-7;7-5-3-4(8(10)11)1-2-6(5)9;4-1-3-2-5-3/h1-3,7H,4-5H2;1-3,9H;3H,1-2H2. The Kier molecular flexibility index (Phi) is 9.03. The number of nitro benzene ring substituents is 2. The summed E-state index contributed by atoms with van der Waals surface area (Å²) < 4.78 is 40.4. The van der Waals surface area contributed by atoms with Crippen LogP contribution in [0.4, 0.5) is 20.2 Å². The molecule has 2 unspecified atom stereocenters. The van der Waals surface area contributed by atoms with Crippen LogP contribution in [0.2, 0.25) is 0 Å². The highest BCUT2D eigenvalue weighted by Crippen LogP contribution is 2.23. The van der Waals surface area contributed by atoms with E-state index in [1.165, 1.54) is 12.1 Å². The second kappa shape index (κ2) is 11.5. The predicted octanol–water partition coefficient (Wildman–Crippen LogP) is 3.73. The van der Waals surface area contributed by atoms with Crippen molar-refractivity contribution >= 4 is 27.3 Å². The summed E-state index contributed by atoms with van der Waals surface area (Å²) in [6.07, 6.45) is 0.578. The number of non-ortho nitro benzene ring substituents is 2. The Morgan fingerprint density at radius 2 is 1.52 bits per heavy atom. The van der Waals surface area contributed by atoms with Crippen molar-refractivity contribution in [2.75, 3.05) is 25.2 Å². The molecule has 2 heterocycles. The molecule has 0 aromatic heterocycles. The Balaban J connectivity index is 0.000000186. The third-order valence-electron chi connectivity index (χ3n) is 3.67. The summed E-state index contributed by atoms with van der Waals surface area (Å²) in [5, 5.41) is 30.0. The zero-order valence-corrected chi connectivity index (χ0v) is 17.4. The second-order valence-corrected chi connectivity index (χ2v) is 6.79. The Morgan fingerprint density at radius 1 is 1.00 bits per heavy atom. The molecule has 2 aromatic carbocycles. The van der Waals surface area contributed by atoms with Gasteiger partial charge in [-0.15, -0.1) is 0 Å². The molecule has 0 spiro atoms. The highest BCUT2D eigenvalue weighted by molar-refractivity contribution is 9.09. The summed E-state index contributed by atoms with van der Waals surface area (Å²) >= 11 is 3.25. The van der Waals surface area contributed by atoms with Gasteiger partial charge in [-0.3, -0.25) is 20.2 Å². The molecule has 4 rings (SSSR count). The molecule has 168 valence electrons. The minimum absolute atomic E-state index is 0.0103. The number of phenolic OH excluding ortho intramolecular Hbond substituents is 1. The van der Waals surface area contributed by atoms with Crippen molar-refractivity contribution in [3.8, 4) is 11.5 Å². The topological polar surface area (TPSA) is 141 Å². The monoisotopic (exact) mass is 506 g/mol. The normalized spacial score (nSPS) is 17.9.